The van der Waals surface area contributed by atoms with Gasteiger partial charge in [0.2, 0.25) is 0 Å². The second-order valence-corrected chi connectivity index (χ2v) is 3.89. The monoisotopic (exact) mass is 246 g/mol. The molecule has 0 amide bonds. The Morgan fingerprint density at radius 3 is 2.83 bits per heavy atom. The minimum absolute atomic E-state index is 0.254. The lowest BCUT2D eigenvalue weighted by atomic mass is 10.2. The van der Waals surface area contributed by atoms with Crippen molar-refractivity contribution in [3.63, 3.8) is 0 Å². The SMILES string of the molecule is NCc1cccc(F)c1OCCc1cccnc1. The van der Waals surface area contributed by atoms with Crippen molar-refractivity contribution >= 4 is 0 Å². The van der Waals surface area contributed by atoms with E-state index in [-0.39, 0.29) is 18.1 Å². The Kier molecular flexibility index (Phi) is 4.25. The second-order valence-electron chi connectivity index (χ2n) is 3.89. The van der Waals surface area contributed by atoms with Crippen LogP contribution in [0, 0.1) is 5.82 Å². The maximum atomic E-state index is 13.6. The minimum Gasteiger partial charge on any atom is -0.490 e. The second kappa shape index (κ2) is 6.12. The van der Waals surface area contributed by atoms with E-state index in [0.29, 0.717) is 18.6 Å². The fourth-order valence-electron chi connectivity index (χ4n) is 1.69. The molecule has 0 saturated heterocycles. The lowest BCUT2D eigenvalue weighted by Crippen LogP contribution is -2.07. The highest BCUT2D eigenvalue weighted by molar-refractivity contribution is 5.34. The van der Waals surface area contributed by atoms with Crippen LogP contribution < -0.4 is 10.5 Å². The van der Waals surface area contributed by atoms with Crippen molar-refractivity contribution in [1.82, 2.24) is 4.98 Å². The molecule has 2 aromatic rings. The summed E-state index contributed by atoms with van der Waals surface area (Å²) in [5.41, 5.74) is 7.29. The summed E-state index contributed by atoms with van der Waals surface area (Å²) < 4.78 is 19.0. The fourth-order valence-corrected chi connectivity index (χ4v) is 1.69. The third-order valence-electron chi connectivity index (χ3n) is 2.63. The molecule has 4 heteroatoms. The van der Waals surface area contributed by atoms with Crippen LogP contribution in [0.25, 0.3) is 0 Å². The van der Waals surface area contributed by atoms with Gasteiger partial charge in [0.05, 0.1) is 6.61 Å². The highest BCUT2D eigenvalue weighted by Crippen LogP contribution is 2.22. The zero-order chi connectivity index (χ0) is 12.8. The summed E-state index contributed by atoms with van der Waals surface area (Å²) >= 11 is 0. The van der Waals surface area contributed by atoms with Crippen molar-refractivity contribution in [2.45, 2.75) is 13.0 Å². The third kappa shape index (κ3) is 3.05. The maximum Gasteiger partial charge on any atom is 0.165 e. The van der Waals surface area contributed by atoms with Gasteiger partial charge in [0.15, 0.2) is 11.6 Å². The number of pyridine rings is 1. The van der Waals surface area contributed by atoms with Crippen LogP contribution in [0.2, 0.25) is 0 Å². The van der Waals surface area contributed by atoms with E-state index in [1.165, 1.54) is 6.07 Å². The lowest BCUT2D eigenvalue weighted by molar-refractivity contribution is 0.302. The van der Waals surface area contributed by atoms with Crippen molar-refractivity contribution in [3.8, 4) is 5.75 Å². The number of hydrogen-bond acceptors (Lipinski definition) is 3. The maximum absolute atomic E-state index is 13.6. The van der Waals surface area contributed by atoms with Crippen LogP contribution in [0.5, 0.6) is 5.75 Å². The molecular weight excluding hydrogens is 231 g/mol. The van der Waals surface area contributed by atoms with Gasteiger partial charge in [-0.15, -0.1) is 0 Å². The van der Waals surface area contributed by atoms with Crippen LogP contribution in [0.15, 0.2) is 42.7 Å². The summed E-state index contributed by atoms with van der Waals surface area (Å²) in [6, 6.07) is 8.60. The average Bonchev–Trinajstić information content (AvgIpc) is 2.41. The molecule has 0 bridgehead atoms. The van der Waals surface area contributed by atoms with Crippen molar-refractivity contribution < 1.29 is 9.13 Å². The first-order chi connectivity index (χ1) is 8.81. The molecule has 0 unspecified atom stereocenters. The van der Waals surface area contributed by atoms with E-state index in [4.69, 9.17) is 10.5 Å². The van der Waals surface area contributed by atoms with E-state index in [1.54, 1.807) is 24.5 Å². The van der Waals surface area contributed by atoms with Gasteiger partial charge in [-0.2, -0.15) is 0 Å². The Labute approximate surface area is 105 Å². The first-order valence-corrected chi connectivity index (χ1v) is 5.80. The van der Waals surface area contributed by atoms with Crippen molar-refractivity contribution in [1.29, 1.82) is 0 Å². The number of ether oxygens (including phenoxy) is 1. The summed E-state index contributed by atoms with van der Waals surface area (Å²) in [5, 5.41) is 0. The van der Waals surface area contributed by atoms with E-state index in [0.717, 1.165) is 5.56 Å². The van der Waals surface area contributed by atoms with Gasteiger partial charge in [-0.05, 0) is 17.7 Å². The van der Waals surface area contributed by atoms with Crippen LogP contribution in [0.3, 0.4) is 0 Å². The number of aromatic nitrogens is 1. The summed E-state index contributed by atoms with van der Waals surface area (Å²) in [6.07, 6.45) is 4.18. The van der Waals surface area contributed by atoms with Gasteiger partial charge in [0, 0.05) is 30.9 Å². The Hall–Kier alpha value is -1.94. The minimum atomic E-state index is -0.371. The molecule has 0 fully saturated rings. The number of hydrogen-bond donors (Lipinski definition) is 1. The molecule has 0 aliphatic heterocycles. The highest BCUT2D eigenvalue weighted by Gasteiger charge is 2.08. The molecule has 94 valence electrons. The van der Waals surface area contributed by atoms with Crippen LogP contribution in [-0.2, 0) is 13.0 Å². The Bertz CT molecular complexity index is 502. The number of nitrogens with zero attached hydrogens (tertiary/aromatic N) is 1. The molecule has 2 rings (SSSR count). The van der Waals surface area contributed by atoms with Crippen LogP contribution in [0.1, 0.15) is 11.1 Å². The number of rotatable bonds is 5. The van der Waals surface area contributed by atoms with Gasteiger partial charge in [-0.1, -0.05) is 18.2 Å². The smallest absolute Gasteiger partial charge is 0.165 e. The zero-order valence-corrected chi connectivity index (χ0v) is 9.97. The van der Waals surface area contributed by atoms with E-state index in [2.05, 4.69) is 4.98 Å². The van der Waals surface area contributed by atoms with Crippen LogP contribution in [0.4, 0.5) is 4.39 Å². The standard InChI is InChI=1S/C14H15FN2O/c15-13-5-1-4-12(9-16)14(13)18-8-6-11-3-2-7-17-10-11/h1-5,7,10H,6,8-9,16H2. The molecule has 0 aliphatic carbocycles. The molecule has 18 heavy (non-hydrogen) atoms. The topological polar surface area (TPSA) is 48.1 Å². The van der Waals surface area contributed by atoms with Crippen molar-refractivity contribution in [3.05, 3.63) is 59.7 Å². The van der Waals surface area contributed by atoms with Crippen LogP contribution >= 0.6 is 0 Å². The quantitative estimate of drug-likeness (QED) is 0.880. The normalized spacial score (nSPS) is 10.3. The van der Waals surface area contributed by atoms with Gasteiger partial charge < -0.3 is 10.5 Å². The predicted molar refractivity (Wildman–Crippen MR) is 67.7 cm³/mol. The van der Waals surface area contributed by atoms with Crippen molar-refractivity contribution in [2.75, 3.05) is 6.61 Å². The zero-order valence-electron chi connectivity index (χ0n) is 9.97. The largest absolute Gasteiger partial charge is 0.490 e. The van der Waals surface area contributed by atoms with E-state index < -0.39 is 0 Å². The number of benzene rings is 1. The first-order valence-electron chi connectivity index (χ1n) is 5.80. The molecule has 1 aromatic carbocycles. The fraction of sp³-hybridized carbons (Fsp3) is 0.214. The van der Waals surface area contributed by atoms with Gasteiger partial charge in [0.1, 0.15) is 0 Å². The van der Waals surface area contributed by atoms with Gasteiger partial charge in [0.25, 0.3) is 0 Å². The van der Waals surface area contributed by atoms with Gasteiger partial charge in [-0.25, -0.2) is 4.39 Å². The average molecular weight is 246 g/mol. The molecule has 0 saturated carbocycles. The molecule has 1 heterocycles. The Morgan fingerprint density at radius 1 is 1.22 bits per heavy atom. The number of para-hydroxylation sites is 1. The summed E-state index contributed by atoms with van der Waals surface area (Å²) in [7, 11) is 0. The number of nitrogens with two attached hydrogens (primary N) is 1. The van der Waals surface area contributed by atoms with Gasteiger partial charge >= 0.3 is 0 Å². The summed E-state index contributed by atoms with van der Waals surface area (Å²) in [5.74, 6) is -0.118. The van der Waals surface area contributed by atoms with E-state index in [9.17, 15) is 4.39 Å². The molecule has 0 spiro atoms. The third-order valence-corrected chi connectivity index (χ3v) is 2.63. The predicted octanol–water partition coefficient (Wildman–Crippen LogP) is 2.30. The molecule has 0 aliphatic rings. The lowest BCUT2D eigenvalue weighted by Gasteiger charge is -2.11. The Morgan fingerprint density at radius 2 is 2.11 bits per heavy atom. The van der Waals surface area contributed by atoms with Crippen LogP contribution in [-0.4, -0.2) is 11.6 Å². The molecule has 2 N–H and O–H groups in total. The highest BCUT2D eigenvalue weighted by atomic mass is 19.1. The number of halogens is 1. The summed E-state index contributed by atoms with van der Waals surface area (Å²) in [4.78, 5) is 4.01. The molecule has 1 aromatic heterocycles. The molecule has 3 nitrogen and oxygen atoms in total. The van der Waals surface area contributed by atoms with Gasteiger partial charge in [-0.3, -0.25) is 4.98 Å². The molecule has 0 atom stereocenters. The first kappa shape index (κ1) is 12.5. The van der Waals surface area contributed by atoms with E-state index in [1.807, 2.05) is 12.1 Å². The van der Waals surface area contributed by atoms with Crippen molar-refractivity contribution in [2.24, 2.45) is 5.73 Å². The molecule has 0 radical (unpaired) electrons. The van der Waals surface area contributed by atoms with E-state index >= 15 is 0 Å². The molecular formula is C14H15FN2O. The Balaban J connectivity index is 1.98. The summed E-state index contributed by atoms with van der Waals surface area (Å²) in [6.45, 7) is 0.666.